The molecule has 1 aromatic carbocycles. The number of furan rings is 1. The number of benzene rings is 1. The van der Waals surface area contributed by atoms with E-state index in [0.717, 1.165) is 29.3 Å². The molecule has 106 valence electrons. The molecule has 0 radical (unpaired) electrons. The number of rotatable bonds is 3. The first-order valence-electron chi connectivity index (χ1n) is 6.54. The van der Waals surface area contributed by atoms with Crippen molar-refractivity contribution in [1.82, 2.24) is 5.32 Å². The first-order chi connectivity index (χ1) is 9.63. The highest BCUT2D eigenvalue weighted by molar-refractivity contribution is 6.35. The Morgan fingerprint density at radius 3 is 2.90 bits per heavy atom. The maximum absolute atomic E-state index is 6.18. The van der Waals surface area contributed by atoms with Crippen molar-refractivity contribution in [3.63, 3.8) is 0 Å². The van der Waals surface area contributed by atoms with Crippen LogP contribution in [-0.2, 0) is 6.54 Å². The van der Waals surface area contributed by atoms with Crippen molar-refractivity contribution in [2.24, 2.45) is 0 Å². The molecule has 1 aromatic heterocycles. The van der Waals surface area contributed by atoms with Crippen molar-refractivity contribution < 1.29 is 9.15 Å². The van der Waals surface area contributed by atoms with Gasteiger partial charge in [0.05, 0.1) is 18.2 Å². The van der Waals surface area contributed by atoms with Crippen LogP contribution in [0.25, 0.3) is 0 Å². The van der Waals surface area contributed by atoms with E-state index in [0.29, 0.717) is 23.2 Å². The summed E-state index contributed by atoms with van der Waals surface area (Å²) in [6, 6.07) is 7.73. The van der Waals surface area contributed by atoms with E-state index >= 15 is 0 Å². The number of aryl methyl sites for hydroxylation is 1. The highest BCUT2D eigenvalue weighted by atomic mass is 35.5. The van der Waals surface area contributed by atoms with Crippen LogP contribution in [0.4, 0.5) is 0 Å². The minimum atomic E-state index is 0.167. The van der Waals surface area contributed by atoms with Gasteiger partial charge in [-0.15, -0.1) is 0 Å². The topological polar surface area (TPSA) is 34.4 Å². The van der Waals surface area contributed by atoms with Gasteiger partial charge in [0.1, 0.15) is 17.3 Å². The zero-order valence-electron chi connectivity index (χ0n) is 11.1. The fraction of sp³-hybridized carbons (Fsp3) is 0.333. The smallest absolute Gasteiger partial charge is 0.142 e. The summed E-state index contributed by atoms with van der Waals surface area (Å²) in [5, 5.41) is 4.66. The van der Waals surface area contributed by atoms with Crippen LogP contribution in [0.1, 0.15) is 29.5 Å². The lowest BCUT2D eigenvalue weighted by Gasteiger charge is -2.27. The molecule has 1 unspecified atom stereocenters. The molecule has 5 heteroatoms. The van der Waals surface area contributed by atoms with Gasteiger partial charge in [-0.3, -0.25) is 0 Å². The van der Waals surface area contributed by atoms with Gasteiger partial charge in [-0.2, -0.15) is 0 Å². The summed E-state index contributed by atoms with van der Waals surface area (Å²) in [5.74, 6) is 2.57. The second-order valence-electron chi connectivity index (χ2n) is 4.89. The van der Waals surface area contributed by atoms with Gasteiger partial charge < -0.3 is 14.5 Å². The van der Waals surface area contributed by atoms with Crippen LogP contribution in [0.3, 0.4) is 0 Å². The molecule has 0 fully saturated rings. The highest BCUT2D eigenvalue weighted by Gasteiger charge is 2.24. The molecule has 0 aliphatic carbocycles. The third-order valence-electron chi connectivity index (χ3n) is 3.38. The Morgan fingerprint density at radius 2 is 2.15 bits per heavy atom. The van der Waals surface area contributed by atoms with E-state index in [1.54, 1.807) is 6.07 Å². The van der Waals surface area contributed by atoms with Gasteiger partial charge in [0.2, 0.25) is 0 Å². The molecule has 0 bridgehead atoms. The summed E-state index contributed by atoms with van der Waals surface area (Å²) >= 11 is 12.3. The number of nitrogens with one attached hydrogen (secondary N) is 1. The second kappa shape index (κ2) is 5.68. The maximum atomic E-state index is 6.18. The summed E-state index contributed by atoms with van der Waals surface area (Å²) in [5.41, 5.74) is 1.01. The van der Waals surface area contributed by atoms with Crippen molar-refractivity contribution in [1.29, 1.82) is 0 Å². The standard InChI is InChI=1S/C15H15Cl2NO2/c1-9-2-3-11(20-9)8-18-14-4-5-19-15-12(14)6-10(16)7-13(15)17/h2-3,6-7,14,18H,4-5,8H2,1H3. The van der Waals surface area contributed by atoms with Crippen molar-refractivity contribution in [2.75, 3.05) is 6.61 Å². The molecule has 2 aromatic rings. The molecule has 1 atom stereocenters. The first-order valence-corrected chi connectivity index (χ1v) is 7.29. The van der Waals surface area contributed by atoms with Crippen molar-refractivity contribution in [2.45, 2.75) is 25.9 Å². The number of halogens is 2. The van der Waals surface area contributed by atoms with E-state index < -0.39 is 0 Å². The van der Waals surface area contributed by atoms with Gasteiger partial charge in [-0.05, 0) is 31.2 Å². The molecule has 1 aliphatic heterocycles. The lowest BCUT2D eigenvalue weighted by molar-refractivity contribution is 0.250. The molecule has 3 nitrogen and oxygen atoms in total. The predicted octanol–water partition coefficient (Wildman–Crippen LogP) is 4.51. The predicted molar refractivity (Wildman–Crippen MR) is 79.6 cm³/mol. The zero-order chi connectivity index (χ0) is 14.1. The van der Waals surface area contributed by atoms with Crippen LogP contribution >= 0.6 is 23.2 Å². The van der Waals surface area contributed by atoms with E-state index in [1.165, 1.54) is 0 Å². The highest BCUT2D eigenvalue weighted by Crippen LogP contribution is 2.40. The molecule has 0 amide bonds. The average Bonchev–Trinajstić information content (AvgIpc) is 2.82. The van der Waals surface area contributed by atoms with Crippen LogP contribution in [0.15, 0.2) is 28.7 Å². The SMILES string of the molecule is Cc1ccc(CNC2CCOc3c(Cl)cc(Cl)cc32)o1. The fourth-order valence-electron chi connectivity index (χ4n) is 2.44. The van der Waals surface area contributed by atoms with Crippen LogP contribution in [0.5, 0.6) is 5.75 Å². The molecular formula is C15H15Cl2NO2. The Balaban J connectivity index is 1.79. The van der Waals surface area contributed by atoms with Crippen LogP contribution in [-0.4, -0.2) is 6.61 Å². The fourth-order valence-corrected chi connectivity index (χ4v) is 3.01. The van der Waals surface area contributed by atoms with E-state index in [4.69, 9.17) is 32.4 Å². The molecule has 2 heterocycles. The molecule has 0 saturated carbocycles. The monoisotopic (exact) mass is 311 g/mol. The van der Waals surface area contributed by atoms with E-state index in [9.17, 15) is 0 Å². The Morgan fingerprint density at radius 1 is 1.30 bits per heavy atom. The third-order valence-corrected chi connectivity index (χ3v) is 3.88. The molecule has 0 saturated heterocycles. The molecule has 1 aliphatic rings. The van der Waals surface area contributed by atoms with Crippen molar-refractivity contribution in [3.05, 3.63) is 51.4 Å². The van der Waals surface area contributed by atoms with Gasteiger partial charge in [0, 0.05) is 23.0 Å². The Kier molecular flexibility index (Phi) is 3.92. The van der Waals surface area contributed by atoms with Gasteiger partial charge in [-0.25, -0.2) is 0 Å². The van der Waals surface area contributed by atoms with Crippen LogP contribution in [0, 0.1) is 6.92 Å². The quantitative estimate of drug-likeness (QED) is 0.905. The maximum Gasteiger partial charge on any atom is 0.142 e. The summed E-state index contributed by atoms with van der Waals surface area (Å²) in [6.07, 6.45) is 0.878. The Labute approximate surface area is 127 Å². The van der Waals surface area contributed by atoms with Gasteiger partial charge >= 0.3 is 0 Å². The molecule has 20 heavy (non-hydrogen) atoms. The second-order valence-corrected chi connectivity index (χ2v) is 5.73. The van der Waals surface area contributed by atoms with E-state index in [-0.39, 0.29) is 6.04 Å². The lowest BCUT2D eigenvalue weighted by atomic mass is 10.0. The summed E-state index contributed by atoms with van der Waals surface area (Å²) in [7, 11) is 0. The normalized spacial score (nSPS) is 17.6. The molecule has 0 spiro atoms. The van der Waals surface area contributed by atoms with E-state index in [1.807, 2.05) is 25.1 Å². The summed E-state index contributed by atoms with van der Waals surface area (Å²) < 4.78 is 11.2. The first kappa shape index (κ1) is 13.8. The molecule has 1 N–H and O–H groups in total. The summed E-state index contributed by atoms with van der Waals surface area (Å²) in [4.78, 5) is 0. The number of ether oxygens (including phenoxy) is 1. The Hall–Kier alpha value is -1.16. The van der Waals surface area contributed by atoms with Crippen molar-refractivity contribution in [3.8, 4) is 5.75 Å². The minimum Gasteiger partial charge on any atom is -0.492 e. The zero-order valence-corrected chi connectivity index (χ0v) is 12.6. The number of fused-ring (bicyclic) bond motifs is 1. The summed E-state index contributed by atoms with van der Waals surface area (Å²) in [6.45, 7) is 3.25. The van der Waals surface area contributed by atoms with Crippen LogP contribution < -0.4 is 10.1 Å². The van der Waals surface area contributed by atoms with Gasteiger partial charge in [-0.1, -0.05) is 23.2 Å². The largest absolute Gasteiger partial charge is 0.492 e. The Bertz CT molecular complexity index is 624. The average molecular weight is 312 g/mol. The van der Waals surface area contributed by atoms with Crippen molar-refractivity contribution >= 4 is 23.2 Å². The van der Waals surface area contributed by atoms with E-state index in [2.05, 4.69) is 5.32 Å². The van der Waals surface area contributed by atoms with Crippen LogP contribution in [0.2, 0.25) is 10.0 Å². The molecular weight excluding hydrogens is 297 g/mol. The number of hydrogen-bond acceptors (Lipinski definition) is 3. The number of hydrogen-bond donors (Lipinski definition) is 1. The van der Waals surface area contributed by atoms with Gasteiger partial charge in [0.15, 0.2) is 0 Å². The third kappa shape index (κ3) is 2.80. The lowest BCUT2D eigenvalue weighted by Crippen LogP contribution is -2.26. The van der Waals surface area contributed by atoms with Gasteiger partial charge in [0.25, 0.3) is 0 Å². The molecule has 3 rings (SSSR count). The minimum absolute atomic E-state index is 0.167.